The highest BCUT2D eigenvalue weighted by molar-refractivity contribution is 7.99. The number of thioether (sulfide) groups is 2. The van der Waals surface area contributed by atoms with Crippen LogP contribution in [0.4, 0.5) is 0 Å². The molecule has 108 valence electrons. The number of hydrogen-bond donors (Lipinski definition) is 1. The van der Waals surface area contributed by atoms with Crippen LogP contribution in [0.1, 0.15) is 18.5 Å². The second-order valence-corrected chi connectivity index (χ2v) is 6.55. The van der Waals surface area contributed by atoms with Crippen LogP contribution in [-0.4, -0.2) is 38.4 Å². The van der Waals surface area contributed by atoms with Crippen molar-refractivity contribution in [2.75, 3.05) is 17.8 Å². The predicted molar refractivity (Wildman–Crippen MR) is 85.9 cm³/mol. The molecule has 1 aromatic heterocycles. The van der Waals surface area contributed by atoms with E-state index in [1.807, 2.05) is 19.1 Å². The lowest BCUT2D eigenvalue weighted by atomic mass is 10.2. The van der Waals surface area contributed by atoms with Crippen molar-refractivity contribution >= 4 is 40.5 Å². The summed E-state index contributed by atoms with van der Waals surface area (Å²) < 4.78 is 2.16. The highest BCUT2D eigenvalue weighted by atomic mass is 32.2. The van der Waals surface area contributed by atoms with Crippen LogP contribution in [0.3, 0.4) is 0 Å². The van der Waals surface area contributed by atoms with Crippen molar-refractivity contribution in [2.24, 2.45) is 0 Å². The first kappa shape index (κ1) is 15.3. The Morgan fingerprint density at radius 2 is 2.25 bits per heavy atom. The SMILES string of the molecule is CSCC(C)n1c(SCC(=O)O)nc2c(C)cccc21. The van der Waals surface area contributed by atoms with Gasteiger partial charge in [0.05, 0.1) is 16.8 Å². The van der Waals surface area contributed by atoms with Gasteiger partial charge in [-0.05, 0) is 31.7 Å². The first-order valence-electron chi connectivity index (χ1n) is 6.35. The summed E-state index contributed by atoms with van der Waals surface area (Å²) in [5.41, 5.74) is 3.17. The molecule has 0 saturated carbocycles. The summed E-state index contributed by atoms with van der Waals surface area (Å²) in [6.45, 7) is 4.18. The molecule has 0 aliphatic rings. The zero-order valence-corrected chi connectivity index (χ0v) is 13.4. The van der Waals surface area contributed by atoms with Crippen molar-refractivity contribution in [1.82, 2.24) is 9.55 Å². The maximum atomic E-state index is 10.8. The van der Waals surface area contributed by atoms with E-state index in [-0.39, 0.29) is 11.8 Å². The van der Waals surface area contributed by atoms with E-state index in [1.165, 1.54) is 11.8 Å². The lowest BCUT2D eigenvalue weighted by Gasteiger charge is -2.16. The van der Waals surface area contributed by atoms with Crippen molar-refractivity contribution in [3.8, 4) is 0 Å². The van der Waals surface area contributed by atoms with E-state index in [9.17, 15) is 4.79 Å². The summed E-state index contributed by atoms with van der Waals surface area (Å²) in [6, 6.07) is 6.39. The summed E-state index contributed by atoms with van der Waals surface area (Å²) >= 11 is 3.07. The number of imidazole rings is 1. The minimum Gasteiger partial charge on any atom is -0.481 e. The monoisotopic (exact) mass is 310 g/mol. The first-order chi connectivity index (χ1) is 9.54. The Labute approximate surface area is 127 Å². The summed E-state index contributed by atoms with van der Waals surface area (Å²) in [7, 11) is 0. The average molecular weight is 310 g/mol. The Morgan fingerprint density at radius 3 is 2.90 bits per heavy atom. The molecular formula is C14H18N2O2S2. The van der Waals surface area contributed by atoms with Crippen LogP contribution in [0.25, 0.3) is 11.0 Å². The molecule has 1 N–H and O–H groups in total. The van der Waals surface area contributed by atoms with Gasteiger partial charge in [-0.3, -0.25) is 4.79 Å². The second kappa shape index (κ2) is 6.54. The minimum absolute atomic E-state index is 0.0361. The molecule has 0 radical (unpaired) electrons. The topological polar surface area (TPSA) is 55.1 Å². The number of aliphatic carboxylic acids is 1. The molecule has 1 unspecified atom stereocenters. The number of fused-ring (bicyclic) bond motifs is 1. The van der Waals surface area contributed by atoms with Crippen molar-refractivity contribution < 1.29 is 9.90 Å². The van der Waals surface area contributed by atoms with Gasteiger partial charge in [-0.25, -0.2) is 4.98 Å². The maximum Gasteiger partial charge on any atom is 0.313 e. The molecule has 1 atom stereocenters. The van der Waals surface area contributed by atoms with Crippen LogP contribution in [0.5, 0.6) is 0 Å². The number of benzene rings is 1. The Morgan fingerprint density at radius 1 is 1.50 bits per heavy atom. The zero-order valence-electron chi connectivity index (χ0n) is 11.8. The van der Waals surface area contributed by atoms with Gasteiger partial charge in [0.25, 0.3) is 0 Å². The van der Waals surface area contributed by atoms with Crippen LogP contribution in [0, 0.1) is 6.92 Å². The fourth-order valence-electron chi connectivity index (χ4n) is 2.21. The minimum atomic E-state index is -0.817. The summed E-state index contributed by atoms with van der Waals surface area (Å²) in [4.78, 5) is 15.4. The average Bonchev–Trinajstić information content (AvgIpc) is 2.76. The number of aryl methyl sites for hydroxylation is 1. The molecule has 0 saturated heterocycles. The molecule has 0 aliphatic carbocycles. The third-order valence-corrected chi connectivity index (χ3v) is 4.82. The van der Waals surface area contributed by atoms with Gasteiger partial charge in [-0.2, -0.15) is 11.8 Å². The maximum absolute atomic E-state index is 10.8. The number of carboxylic acids is 1. The lowest BCUT2D eigenvalue weighted by Crippen LogP contribution is -2.10. The molecule has 4 nitrogen and oxygen atoms in total. The number of hydrogen-bond acceptors (Lipinski definition) is 4. The van der Waals surface area contributed by atoms with Crippen molar-refractivity contribution in [3.05, 3.63) is 23.8 Å². The van der Waals surface area contributed by atoms with Gasteiger partial charge in [0.15, 0.2) is 5.16 Å². The van der Waals surface area contributed by atoms with Crippen LogP contribution in [-0.2, 0) is 4.79 Å². The first-order valence-corrected chi connectivity index (χ1v) is 8.73. The fourth-order valence-corrected chi connectivity index (χ4v) is 3.66. The summed E-state index contributed by atoms with van der Waals surface area (Å²) in [5, 5.41) is 9.67. The molecule has 0 amide bonds. The predicted octanol–water partition coefficient (Wildman–Crippen LogP) is 3.45. The number of rotatable bonds is 6. The Kier molecular flexibility index (Phi) is 4.99. The Balaban J connectivity index is 2.50. The van der Waals surface area contributed by atoms with E-state index in [2.05, 4.69) is 28.8 Å². The van der Waals surface area contributed by atoms with Crippen LogP contribution < -0.4 is 0 Å². The molecule has 1 heterocycles. The van der Waals surface area contributed by atoms with Crippen molar-refractivity contribution in [2.45, 2.75) is 25.0 Å². The van der Waals surface area contributed by atoms with Gasteiger partial charge < -0.3 is 9.67 Å². The highest BCUT2D eigenvalue weighted by Gasteiger charge is 2.17. The molecule has 0 aliphatic heterocycles. The quantitative estimate of drug-likeness (QED) is 0.828. The van der Waals surface area contributed by atoms with Crippen LogP contribution in [0.15, 0.2) is 23.4 Å². The largest absolute Gasteiger partial charge is 0.481 e. The molecule has 20 heavy (non-hydrogen) atoms. The number of para-hydroxylation sites is 1. The smallest absolute Gasteiger partial charge is 0.313 e. The molecular weight excluding hydrogens is 292 g/mol. The van der Waals surface area contributed by atoms with E-state index in [0.717, 1.165) is 27.5 Å². The van der Waals surface area contributed by atoms with E-state index >= 15 is 0 Å². The zero-order chi connectivity index (χ0) is 14.7. The number of aromatic nitrogens is 2. The Bertz CT molecular complexity index is 625. The van der Waals surface area contributed by atoms with E-state index < -0.39 is 5.97 Å². The fraction of sp³-hybridized carbons (Fsp3) is 0.429. The molecule has 0 fully saturated rings. The summed E-state index contributed by atoms with van der Waals surface area (Å²) in [5.74, 6) is 0.192. The Hall–Kier alpha value is -1.14. The standard InChI is InChI=1S/C14H18N2O2S2/c1-9-5-4-6-11-13(9)15-14(20-8-12(17)18)16(11)10(2)7-19-3/h4-6,10H,7-8H2,1-3H3,(H,17,18). The third kappa shape index (κ3) is 3.12. The molecule has 6 heteroatoms. The van der Waals surface area contributed by atoms with Gasteiger partial charge in [0.1, 0.15) is 0 Å². The van der Waals surface area contributed by atoms with Crippen LogP contribution >= 0.6 is 23.5 Å². The van der Waals surface area contributed by atoms with E-state index in [0.29, 0.717) is 0 Å². The van der Waals surface area contributed by atoms with Crippen molar-refractivity contribution in [1.29, 1.82) is 0 Å². The molecule has 2 aromatic rings. The molecule has 1 aromatic carbocycles. The lowest BCUT2D eigenvalue weighted by molar-refractivity contribution is -0.133. The number of nitrogens with zero attached hydrogens (tertiary/aromatic N) is 2. The normalized spacial score (nSPS) is 12.8. The highest BCUT2D eigenvalue weighted by Crippen LogP contribution is 2.30. The summed E-state index contributed by atoms with van der Waals surface area (Å²) in [6.07, 6.45) is 2.07. The molecule has 0 bridgehead atoms. The van der Waals surface area contributed by atoms with Gasteiger partial charge in [-0.1, -0.05) is 23.9 Å². The van der Waals surface area contributed by atoms with Gasteiger partial charge >= 0.3 is 5.97 Å². The third-order valence-electron chi connectivity index (χ3n) is 3.06. The second-order valence-electron chi connectivity index (χ2n) is 4.69. The van der Waals surface area contributed by atoms with Gasteiger partial charge in [0, 0.05) is 11.8 Å². The van der Waals surface area contributed by atoms with E-state index in [1.54, 1.807) is 11.8 Å². The van der Waals surface area contributed by atoms with E-state index in [4.69, 9.17) is 5.11 Å². The van der Waals surface area contributed by atoms with Gasteiger partial charge in [0.2, 0.25) is 0 Å². The molecule has 0 spiro atoms. The van der Waals surface area contributed by atoms with Crippen molar-refractivity contribution in [3.63, 3.8) is 0 Å². The number of carbonyl (C=O) groups is 1. The van der Waals surface area contributed by atoms with Crippen LogP contribution in [0.2, 0.25) is 0 Å². The van der Waals surface area contributed by atoms with Gasteiger partial charge in [-0.15, -0.1) is 0 Å². The molecule has 2 rings (SSSR count). The number of carboxylic acid groups (broad SMARTS) is 1.